The highest BCUT2D eigenvalue weighted by atomic mass is 16.5. The van der Waals surface area contributed by atoms with Crippen LogP contribution in [0.2, 0.25) is 0 Å². The van der Waals surface area contributed by atoms with E-state index in [1.165, 1.54) is 60.9 Å². The number of carbonyl (C=O) groups excluding carboxylic acids is 2. The van der Waals surface area contributed by atoms with Crippen molar-refractivity contribution in [3.05, 3.63) is 83.2 Å². The van der Waals surface area contributed by atoms with Crippen molar-refractivity contribution in [3.63, 3.8) is 0 Å². The molecular formula is C46H62N6O3. The van der Waals surface area contributed by atoms with Crippen LogP contribution in [0, 0.1) is 11.8 Å². The summed E-state index contributed by atoms with van der Waals surface area (Å²) in [5.41, 5.74) is 7.04. The SMILES string of the molecule is CCOC(=O)C(=O)N1C[C@@H](C)CC[C@@H]1c1ccc2ccc(C3CCN(C)CC3)nc2c1.C[C@H]1CC[C@H](c2ccc3ccc(C4CCN(C)CC4)nc3c2)NC1. The highest BCUT2D eigenvalue weighted by Crippen LogP contribution is 2.36. The van der Waals surface area contributed by atoms with E-state index in [1.807, 2.05) is 0 Å². The number of benzene rings is 2. The summed E-state index contributed by atoms with van der Waals surface area (Å²) in [6.07, 6.45) is 9.16. The van der Waals surface area contributed by atoms with Gasteiger partial charge in [0.25, 0.3) is 0 Å². The van der Waals surface area contributed by atoms with Gasteiger partial charge in [-0.2, -0.15) is 0 Å². The number of ether oxygens (including phenoxy) is 1. The lowest BCUT2D eigenvalue weighted by molar-refractivity contribution is -0.162. The Morgan fingerprint density at radius 2 is 1.22 bits per heavy atom. The molecule has 9 heteroatoms. The van der Waals surface area contributed by atoms with Crippen LogP contribution in [-0.2, 0) is 14.3 Å². The third-order valence-electron chi connectivity index (χ3n) is 12.7. The summed E-state index contributed by atoms with van der Waals surface area (Å²) in [6.45, 7) is 12.7. The zero-order valence-corrected chi connectivity index (χ0v) is 33.8. The number of likely N-dealkylation sites (tertiary alicyclic amines) is 3. The molecule has 4 atom stereocenters. The summed E-state index contributed by atoms with van der Waals surface area (Å²) in [5, 5.41) is 6.07. The number of fused-ring (bicyclic) bond motifs is 2. The van der Waals surface area contributed by atoms with Crippen LogP contribution in [0.4, 0.5) is 0 Å². The van der Waals surface area contributed by atoms with Crippen LogP contribution in [0.15, 0.2) is 60.7 Å². The quantitative estimate of drug-likeness (QED) is 0.162. The van der Waals surface area contributed by atoms with Crippen LogP contribution in [0.3, 0.4) is 0 Å². The Kier molecular flexibility index (Phi) is 12.8. The molecule has 4 saturated heterocycles. The van der Waals surface area contributed by atoms with Crippen LogP contribution in [-0.4, -0.2) is 96.5 Å². The second kappa shape index (κ2) is 17.9. The number of hydrogen-bond acceptors (Lipinski definition) is 8. The van der Waals surface area contributed by atoms with Gasteiger partial charge in [-0.15, -0.1) is 0 Å². The fourth-order valence-corrected chi connectivity index (χ4v) is 9.10. The van der Waals surface area contributed by atoms with Crippen LogP contribution in [0.25, 0.3) is 21.8 Å². The first-order valence-electron chi connectivity index (χ1n) is 21.0. The molecular weight excluding hydrogens is 685 g/mol. The van der Waals surface area contributed by atoms with Crippen molar-refractivity contribution in [2.45, 2.75) is 96.1 Å². The number of esters is 1. The number of carbonyl (C=O) groups is 2. The van der Waals surface area contributed by atoms with E-state index in [9.17, 15) is 9.59 Å². The average molecular weight is 747 g/mol. The number of piperidine rings is 4. The maximum atomic E-state index is 12.8. The van der Waals surface area contributed by atoms with E-state index in [1.54, 1.807) is 11.8 Å². The molecule has 9 nitrogen and oxygen atoms in total. The number of rotatable bonds is 5. The predicted octanol–water partition coefficient (Wildman–Crippen LogP) is 8.01. The summed E-state index contributed by atoms with van der Waals surface area (Å²) < 4.78 is 4.99. The summed E-state index contributed by atoms with van der Waals surface area (Å²) in [5.74, 6) is 1.00. The van der Waals surface area contributed by atoms with Gasteiger partial charge in [-0.3, -0.25) is 14.8 Å². The highest BCUT2D eigenvalue weighted by molar-refractivity contribution is 6.32. The Morgan fingerprint density at radius 3 is 1.76 bits per heavy atom. The smallest absolute Gasteiger partial charge is 0.397 e. The topological polar surface area (TPSA) is 90.9 Å². The minimum absolute atomic E-state index is 0.119. The molecule has 4 fully saturated rings. The van der Waals surface area contributed by atoms with Gasteiger partial charge in [0.1, 0.15) is 0 Å². The molecule has 2 aromatic heterocycles. The minimum Gasteiger partial charge on any atom is -0.459 e. The van der Waals surface area contributed by atoms with Gasteiger partial charge in [0, 0.05) is 46.6 Å². The summed E-state index contributed by atoms with van der Waals surface area (Å²) >= 11 is 0. The fourth-order valence-electron chi connectivity index (χ4n) is 9.10. The lowest BCUT2D eigenvalue weighted by atomic mass is 9.89. The van der Waals surface area contributed by atoms with Gasteiger partial charge in [-0.1, -0.05) is 50.2 Å². The second-order valence-electron chi connectivity index (χ2n) is 17.1. The Labute approximate surface area is 328 Å². The van der Waals surface area contributed by atoms with E-state index >= 15 is 0 Å². The van der Waals surface area contributed by atoms with E-state index < -0.39 is 11.9 Å². The zero-order chi connectivity index (χ0) is 38.5. The van der Waals surface area contributed by atoms with Crippen molar-refractivity contribution in [1.29, 1.82) is 0 Å². The maximum Gasteiger partial charge on any atom is 0.397 e. The van der Waals surface area contributed by atoms with Crippen LogP contribution >= 0.6 is 0 Å². The highest BCUT2D eigenvalue weighted by Gasteiger charge is 2.35. The first kappa shape index (κ1) is 39.3. The number of amides is 1. The fraction of sp³-hybridized carbons (Fsp3) is 0.565. The number of hydrogen-bond donors (Lipinski definition) is 1. The minimum atomic E-state index is -0.759. The third-order valence-corrected chi connectivity index (χ3v) is 12.7. The summed E-state index contributed by atoms with van der Waals surface area (Å²) in [4.78, 5) is 41.5. The molecule has 1 N–H and O–H groups in total. The first-order valence-corrected chi connectivity index (χ1v) is 21.0. The molecule has 2 aromatic carbocycles. The van der Waals surface area contributed by atoms with E-state index in [2.05, 4.69) is 104 Å². The van der Waals surface area contributed by atoms with Crippen LogP contribution < -0.4 is 5.32 Å². The second-order valence-corrected chi connectivity index (χ2v) is 17.1. The van der Waals surface area contributed by atoms with Gasteiger partial charge >= 0.3 is 11.9 Å². The van der Waals surface area contributed by atoms with Crippen LogP contribution in [0.5, 0.6) is 0 Å². The van der Waals surface area contributed by atoms with Crippen molar-refractivity contribution in [2.75, 3.05) is 60.0 Å². The van der Waals surface area contributed by atoms with E-state index in [0.29, 0.717) is 30.3 Å². The van der Waals surface area contributed by atoms with E-state index in [-0.39, 0.29) is 12.6 Å². The molecule has 0 bridgehead atoms. The van der Waals surface area contributed by atoms with Crippen molar-refractivity contribution < 1.29 is 14.3 Å². The number of pyridine rings is 2. The van der Waals surface area contributed by atoms with Crippen molar-refractivity contribution in [1.82, 2.24) is 30.0 Å². The lowest BCUT2D eigenvalue weighted by Gasteiger charge is -2.38. The Morgan fingerprint density at radius 1 is 0.691 bits per heavy atom. The molecule has 55 heavy (non-hydrogen) atoms. The number of aromatic nitrogens is 2. The predicted molar refractivity (Wildman–Crippen MR) is 221 cm³/mol. The Hall–Kier alpha value is -3.92. The van der Waals surface area contributed by atoms with E-state index in [0.717, 1.165) is 73.4 Å². The molecule has 294 valence electrons. The average Bonchev–Trinajstić information content (AvgIpc) is 3.21. The molecule has 4 aliphatic heterocycles. The van der Waals surface area contributed by atoms with Crippen molar-refractivity contribution in [2.24, 2.45) is 11.8 Å². The Bertz CT molecular complexity index is 1870. The summed E-state index contributed by atoms with van der Waals surface area (Å²) in [6, 6.07) is 22.3. The van der Waals surface area contributed by atoms with Gasteiger partial charge < -0.3 is 24.8 Å². The molecule has 1 amide bonds. The molecule has 0 unspecified atom stereocenters. The largest absolute Gasteiger partial charge is 0.459 e. The standard InChI is InChI=1S/C25H33N3O3.C21H29N3/c1-4-31-25(30)24(29)28-16-17(2)5-10-23(28)20-7-6-18-8-9-21(26-22(18)15-20)19-11-13-27(3)14-12-19;1-15-3-7-19(22-14-15)18-5-4-16-6-8-20(23-21(16)13-18)17-9-11-24(2)12-10-17/h6-9,15,17,19,23H,4-5,10-14,16H2,1-3H3;4-6,8,13,15,17,19,22H,3,7,9-12,14H2,1-2H3/t17-,23+;15-,19+/m00/s1. The normalized spacial score (nSPS) is 24.7. The summed E-state index contributed by atoms with van der Waals surface area (Å²) in [7, 11) is 4.39. The molecule has 0 radical (unpaired) electrons. The van der Waals surface area contributed by atoms with Crippen LogP contribution in [0.1, 0.15) is 119 Å². The molecule has 4 aliphatic rings. The van der Waals surface area contributed by atoms with Gasteiger partial charge in [-0.25, -0.2) is 4.79 Å². The van der Waals surface area contributed by atoms with Gasteiger partial charge in [0.15, 0.2) is 0 Å². The molecule has 0 saturated carbocycles. The third kappa shape index (κ3) is 9.55. The van der Waals surface area contributed by atoms with Gasteiger partial charge in [-0.05, 0) is 152 Å². The zero-order valence-electron chi connectivity index (χ0n) is 33.8. The molecule has 0 aliphatic carbocycles. The molecule has 6 heterocycles. The molecule has 4 aromatic rings. The van der Waals surface area contributed by atoms with Crippen molar-refractivity contribution >= 4 is 33.7 Å². The Balaban J connectivity index is 0.000000174. The lowest BCUT2D eigenvalue weighted by Crippen LogP contribution is -2.45. The van der Waals surface area contributed by atoms with Crippen molar-refractivity contribution in [3.8, 4) is 0 Å². The van der Waals surface area contributed by atoms with Gasteiger partial charge in [0.05, 0.1) is 23.7 Å². The van der Waals surface area contributed by atoms with Gasteiger partial charge in [0.2, 0.25) is 0 Å². The monoisotopic (exact) mass is 746 g/mol. The van der Waals surface area contributed by atoms with E-state index in [4.69, 9.17) is 14.7 Å². The maximum absolute atomic E-state index is 12.8. The molecule has 8 rings (SSSR count). The first-order chi connectivity index (χ1) is 26.6. The molecule has 0 spiro atoms. The number of nitrogens with zero attached hydrogens (tertiary/aromatic N) is 5. The number of nitrogens with one attached hydrogen (secondary N) is 1.